The second kappa shape index (κ2) is 10.6. The molecule has 0 saturated carbocycles. The lowest BCUT2D eigenvalue weighted by atomic mass is 10.0. The Balaban J connectivity index is 1.37. The Hall–Kier alpha value is -3.45. The number of piperidine rings is 1. The first kappa shape index (κ1) is 27.1. The number of hydrogen-bond donors (Lipinski definition) is 1. The van der Waals surface area contributed by atoms with Gasteiger partial charge in [-0.2, -0.15) is 4.72 Å². The number of thiophene rings is 1. The molecule has 3 heterocycles. The summed E-state index contributed by atoms with van der Waals surface area (Å²) in [7, 11) is -7.57. The molecule has 1 atom stereocenters. The van der Waals surface area contributed by atoms with Gasteiger partial charge in [0.05, 0.1) is 21.2 Å². The van der Waals surface area contributed by atoms with E-state index in [4.69, 9.17) is 0 Å². The van der Waals surface area contributed by atoms with Crippen LogP contribution in [0.3, 0.4) is 0 Å². The third-order valence-electron chi connectivity index (χ3n) is 6.34. The maximum absolute atomic E-state index is 15.3. The smallest absolute Gasteiger partial charge is 0.250 e. The number of halogens is 1. The summed E-state index contributed by atoms with van der Waals surface area (Å²) in [6.07, 6.45) is 3.43. The molecule has 2 aromatic heterocycles. The summed E-state index contributed by atoms with van der Waals surface area (Å²) in [4.78, 5) is 19.5. The van der Waals surface area contributed by atoms with Gasteiger partial charge in [-0.25, -0.2) is 21.2 Å². The Morgan fingerprint density at radius 2 is 1.77 bits per heavy atom. The van der Waals surface area contributed by atoms with Gasteiger partial charge in [0.25, 0.3) is 10.0 Å². The molecule has 1 aliphatic rings. The zero-order chi connectivity index (χ0) is 27.8. The normalized spacial score (nSPS) is 16.4. The molecule has 8 nitrogen and oxygen atoms in total. The van der Waals surface area contributed by atoms with Gasteiger partial charge in [0.2, 0.25) is 5.91 Å². The summed E-state index contributed by atoms with van der Waals surface area (Å²) in [5.74, 6) is -1.28. The lowest BCUT2D eigenvalue weighted by Crippen LogP contribution is -2.52. The summed E-state index contributed by atoms with van der Waals surface area (Å²) in [6.45, 7) is 0.218. The third-order valence-corrected chi connectivity index (χ3v) is 10.6. The highest BCUT2D eigenvalue weighted by Gasteiger charge is 2.35. The Labute approximate surface area is 230 Å². The number of benzene rings is 2. The Bertz CT molecular complexity index is 1760. The SMILES string of the molecule is CS(=O)(=O)c1ccccc1-c1ccc(N2CCCC(NS(=O)(=O)c3ccc(-c4ccccn4)s3)C2=O)c(F)c1. The highest BCUT2D eigenvalue weighted by atomic mass is 32.2. The van der Waals surface area contributed by atoms with Crippen molar-refractivity contribution < 1.29 is 26.0 Å². The Morgan fingerprint density at radius 3 is 2.49 bits per heavy atom. The second-order valence-corrected chi connectivity index (χ2v) is 14.1. The van der Waals surface area contributed by atoms with Crippen molar-refractivity contribution in [3.05, 3.63) is 84.8 Å². The Kier molecular flexibility index (Phi) is 7.38. The first-order chi connectivity index (χ1) is 18.5. The summed E-state index contributed by atoms with van der Waals surface area (Å²) in [6, 6.07) is 17.9. The molecule has 1 amide bonds. The number of hydrogen-bond acceptors (Lipinski definition) is 7. The van der Waals surface area contributed by atoms with E-state index in [0.29, 0.717) is 28.1 Å². The number of carbonyl (C=O) groups is 1. The van der Waals surface area contributed by atoms with E-state index in [0.717, 1.165) is 17.6 Å². The van der Waals surface area contributed by atoms with Gasteiger partial charge in [-0.15, -0.1) is 11.3 Å². The van der Waals surface area contributed by atoms with Gasteiger partial charge in [0, 0.05) is 24.6 Å². The van der Waals surface area contributed by atoms with E-state index in [9.17, 15) is 21.6 Å². The van der Waals surface area contributed by atoms with Gasteiger partial charge in [-0.1, -0.05) is 30.3 Å². The molecule has 0 bridgehead atoms. The standard InChI is InChI=1S/C27H24FN3O5S3/c1-38(33,34)25-10-3-2-7-19(25)18-11-12-23(20(28)17-18)31-16-6-9-22(27(31)32)30-39(35,36)26-14-13-24(37-26)21-8-4-5-15-29-21/h2-5,7-8,10-15,17,22,30H,6,9,16H2,1H3. The van der Waals surface area contributed by atoms with Crippen molar-refractivity contribution in [3.8, 4) is 21.7 Å². The molecule has 2 aromatic carbocycles. The number of nitrogens with one attached hydrogen (secondary N) is 1. The predicted molar refractivity (Wildman–Crippen MR) is 148 cm³/mol. The lowest BCUT2D eigenvalue weighted by molar-refractivity contribution is -0.121. The van der Waals surface area contributed by atoms with E-state index < -0.39 is 37.6 Å². The molecule has 0 radical (unpaired) electrons. The minimum Gasteiger partial charge on any atom is -0.308 e. The first-order valence-electron chi connectivity index (χ1n) is 12.0. The van der Waals surface area contributed by atoms with Crippen LogP contribution in [-0.4, -0.2) is 46.6 Å². The van der Waals surface area contributed by atoms with Gasteiger partial charge in [0.1, 0.15) is 16.1 Å². The zero-order valence-corrected chi connectivity index (χ0v) is 23.2. The van der Waals surface area contributed by atoms with Crippen LogP contribution in [0.25, 0.3) is 21.7 Å². The van der Waals surface area contributed by atoms with E-state index in [1.54, 1.807) is 54.7 Å². The van der Waals surface area contributed by atoms with Gasteiger partial charge in [-0.3, -0.25) is 9.78 Å². The first-order valence-corrected chi connectivity index (χ1v) is 16.2. The van der Waals surface area contributed by atoms with Crippen LogP contribution in [0.2, 0.25) is 0 Å². The van der Waals surface area contributed by atoms with Crippen LogP contribution in [0.5, 0.6) is 0 Å². The molecule has 4 aromatic rings. The molecule has 202 valence electrons. The minimum atomic E-state index is -4.01. The zero-order valence-electron chi connectivity index (χ0n) is 20.7. The van der Waals surface area contributed by atoms with Crippen molar-refractivity contribution in [1.29, 1.82) is 0 Å². The average molecular weight is 586 g/mol. The maximum Gasteiger partial charge on any atom is 0.250 e. The molecule has 12 heteroatoms. The fraction of sp³-hybridized carbons (Fsp3) is 0.185. The lowest BCUT2D eigenvalue weighted by Gasteiger charge is -2.32. The summed E-state index contributed by atoms with van der Waals surface area (Å²) < 4.78 is 68.4. The molecule has 1 N–H and O–H groups in total. The summed E-state index contributed by atoms with van der Waals surface area (Å²) in [5.41, 5.74) is 1.34. The fourth-order valence-corrected chi connectivity index (χ4v) is 7.94. The number of sulfone groups is 1. The number of aromatic nitrogens is 1. The molecule has 1 aliphatic heterocycles. The average Bonchev–Trinajstić information content (AvgIpc) is 3.42. The summed E-state index contributed by atoms with van der Waals surface area (Å²) in [5, 5.41) is 0. The number of amides is 1. The van der Waals surface area contributed by atoms with Crippen LogP contribution < -0.4 is 9.62 Å². The van der Waals surface area contributed by atoms with Crippen LogP contribution in [0.4, 0.5) is 10.1 Å². The highest BCUT2D eigenvalue weighted by molar-refractivity contribution is 7.91. The number of nitrogens with zero attached hydrogens (tertiary/aromatic N) is 2. The second-order valence-electron chi connectivity index (χ2n) is 9.07. The molecular formula is C27H24FN3O5S3. The minimum absolute atomic E-state index is 0.00181. The number of rotatable bonds is 7. The van der Waals surface area contributed by atoms with Crippen molar-refractivity contribution in [2.24, 2.45) is 0 Å². The largest absolute Gasteiger partial charge is 0.308 e. The molecule has 1 fully saturated rings. The predicted octanol–water partition coefficient (Wildman–Crippen LogP) is 4.49. The van der Waals surface area contributed by atoms with E-state index in [1.165, 1.54) is 29.2 Å². The van der Waals surface area contributed by atoms with Crippen molar-refractivity contribution >= 4 is 42.8 Å². The van der Waals surface area contributed by atoms with Gasteiger partial charge in [0.15, 0.2) is 9.84 Å². The monoisotopic (exact) mass is 585 g/mol. The van der Waals surface area contributed by atoms with Crippen molar-refractivity contribution in [2.75, 3.05) is 17.7 Å². The van der Waals surface area contributed by atoms with Crippen molar-refractivity contribution in [3.63, 3.8) is 0 Å². The molecule has 0 spiro atoms. The van der Waals surface area contributed by atoms with Crippen LogP contribution in [0.1, 0.15) is 12.8 Å². The molecule has 1 saturated heterocycles. The maximum atomic E-state index is 15.3. The fourth-order valence-electron chi connectivity index (χ4n) is 4.50. The molecular weight excluding hydrogens is 562 g/mol. The number of carbonyl (C=O) groups excluding carboxylic acids is 1. The third kappa shape index (κ3) is 5.64. The number of pyridine rings is 1. The Morgan fingerprint density at radius 1 is 1.00 bits per heavy atom. The van der Waals surface area contributed by atoms with E-state index in [-0.39, 0.29) is 27.8 Å². The van der Waals surface area contributed by atoms with Gasteiger partial charge >= 0.3 is 0 Å². The topological polar surface area (TPSA) is 114 Å². The molecule has 1 unspecified atom stereocenters. The molecule has 0 aliphatic carbocycles. The van der Waals surface area contributed by atoms with Gasteiger partial charge in [-0.05, 0) is 60.9 Å². The van der Waals surface area contributed by atoms with Crippen LogP contribution in [-0.2, 0) is 24.7 Å². The van der Waals surface area contributed by atoms with E-state index >= 15 is 4.39 Å². The quantitative estimate of drug-likeness (QED) is 0.342. The van der Waals surface area contributed by atoms with Crippen LogP contribution >= 0.6 is 11.3 Å². The van der Waals surface area contributed by atoms with E-state index in [1.807, 2.05) is 0 Å². The van der Waals surface area contributed by atoms with Crippen molar-refractivity contribution in [2.45, 2.75) is 28.0 Å². The van der Waals surface area contributed by atoms with Crippen molar-refractivity contribution in [1.82, 2.24) is 9.71 Å². The van der Waals surface area contributed by atoms with E-state index in [2.05, 4.69) is 9.71 Å². The molecule has 39 heavy (non-hydrogen) atoms. The highest BCUT2D eigenvalue weighted by Crippen LogP contribution is 2.33. The van der Waals surface area contributed by atoms with Crippen LogP contribution in [0, 0.1) is 5.82 Å². The van der Waals surface area contributed by atoms with Gasteiger partial charge < -0.3 is 4.90 Å². The summed E-state index contributed by atoms with van der Waals surface area (Å²) >= 11 is 1.04. The van der Waals surface area contributed by atoms with Crippen LogP contribution in [0.15, 0.2) is 88.1 Å². The number of anilines is 1. The number of sulfonamides is 1. The molecule has 5 rings (SSSR count).